The van der Waals surface area contributed by atoms with Gasteiger partial charge in [-0.05, 0) is 101 Å². The zero-order chi connectivity index (χ0) is 37.2. The lowest BCUT2D eigenvalue weighted by molar-refractivity contribution is -0.196. The van der Waals surface area contributed by atoms with Gasteiger partial charge in [0.05, 0.1) is 36.6 Å². The Kier molecular flexibility index (Phi) is 16.7. The van der Waals surface area contributed by atoms with E-state index in [-0.39, 0.29) is 61.3 Å². The minimum absolute atomic E-state index is 0.0174. The monoisotopic (exact) mass is 744 g/mol. The van der Waals surface area contributed by atoms with Gasteiger partial charge in [0.25, 0.3) is 0 Å². The van der Waals surface area contributed by atoms with Gasteiger partial charge in [-0.15, -0.1) is 0 Å². The van der Waals surface area contributed by atoms with Crippen molar-refractivity contribution in [2.24, 2.45) is 0 Å². The lowest BCUT2D eigenvalue weighted by Gasteiger charge is -2.41. The Balaban J connectivity index is 1.74. The second kappa shape index (κ2) is 19.1. The first-order valence-electron chi connectivity index (χ1n) is 19.3. The van der Waals surface area contributed by atoms with Crippen molar-refractivity contribution in [3.63, 3.8) is 0 Å². The summed E-state index contributed by atoms with van der Waals surface area (Å²) in [6.07, 6.45) is 6.63. The van der Waals surface area contributed by atoms with E-state index < -0.39 is 27.8 Å². The number of ether oxygens (including phenoxy) is 7. The highest BCUT2D eigenvalue weighted by Crippen LogP contribution is 2.44. The molecular formula is C38H72O10Si2. The molecule has 12 heteroatoms. The molecular weight excluding hydrogens is 673 g/mol. The number of methoxy groups -OCH3 is 2. The molecule has 0 amide bonds. The van der Waals surface area contributed by atoms with Gasteiger partial charge in [-0.3, -0.25) is 4.79 Å². The van der Waals surface area contributed by atoms with E-state index in [1.165, 1.54) is 0 Å². The lowest BCUT2D eigenvalue weighted by Crippen LogP contribution is -2.48. The van der Waals surface area contributed by atoms with Crippen molar-refractivity contribution < 1.29 is 46.8 Å². The Bertz CT molecular complexity index is 1070. The van der Waals surface area contributed by atoms with E-state index in [9.17, 15) is 4.79 Å². The molecule has 0 aliphatic carbocycles. The molecule has 3 aliphatic heterocycles. The van der Waals surface area contributed by atoms with Crippen LogP contribution in [-0.2, 0) is 46.8 Å². The van der Waals surface area contributed by atoms with Crippen molar-refractivity contribution in [1.29, 1.82) is 0 Å². The third-order valence-electron chi connectivity index (χ3n) is 12.1. The first-order chi connectivity index (χ1) is 23.5. The molecule has 0 aromatic heterocycles. The molecule has 50 heavy (non-hydrogen) atoms. The van der Waals surface area contributed by atoms with Gasteiger partial charge >= 0.3 is 0 Å². The molecule has 0 aromatic rings. The van der Waals surface area contributed by atoms with Crippen molar-refractivity contribution in [2.75, 3.05) is 41.0 Å². The summed E-state index contributed by atoms with van der Waals surface area (Å²) in [5.74, 6) is 0.416. The van der Waals surface area contributed by atoms with Gasteiger partial charge in [0, 0.05) is 27.2 Å². The Hall–Kier alpha value is -0.676. The average molecular weight is 745 g/mol. The first-order valence-corrected chi connectivity index (χ1v) is 24.7. The zero-order valence-electron chi connectivity index (χ0n) is 33.7. The Morgan fingerprint density at radius 2 is 1.62 bits per heavy atom. The van der Waals surface area contributed by atoms with E-state index in [1.54, 1.807) is 14.2 Å². The maximum atomic E-state index is 14.0. The number of carbonyl (C=O) groups is 1. The van der Waals surface area contributed by atoms with Crippen molar-refractivity contribution in [1.82, 2.24) is 0 Å². The second-order valence-corrected chi connectivity index (χ2v) is 26.2. The highest BCUT2D eigenvalue weighted by molar-refractivity contribution is 6.74. The zero-order valence-corrected chi connectivity index (χ0v) is 35.7. The summed E-state index contributed by atoms with van der Waals surface area (Å²) in [5, 5.41) is 0.0718. The number of carbonyl (C=O) groups excluding carboxylic acids is 1. The summed E-state index contributed by atoms with van der Waals surface area (Å²) in [7, 11) is -0.752. The number of ketones is 1. The molecule has 3 rings (SSSR count). The summed E-state index contributed by atoms with van der Waals surface area (Å²) in [5.41, 5.74) is -1.16. The molecule has 2 fully saturated rings. The maximum absolute atomic E-state index is 14.0. The predicted octanol–water partition coefficient (Wildman–Crippen LogP) is 8.30. The molecule has 7 atom stereocenters. The molecule has 0 unspecified atom stereocenters. The summed E-state index contributed by atoms with van der Waals surface area (Å²) in [4.78, 5) is 14.0. The van der Waals surface area contributed by atoms with Crippen LogP contribution < -0.4 is 0 Å². The van der Waals surface area contributed by atoms with Crippen molar-refractivity contribution >= 4 is 22.4 Å². The van der Waals surface area contributed by atoms with Crippen LogP contribution >= 0.6 is 0 Å². The summed E-state index contributed by atoms with van der Waals surface area (Å²) < 4.78 is 56.2. The van der Waals surface area contributed by atoms with E-state index in [4.69, 9.17) is 42.0 Å². The molecule has 0 aromatic carbocycles. The van der Waals surface area contributed by atoms with Crippen molar-refractivity contribution in [3.05, 3.63) is 11.8 Å². The fourth-order valence-electron chi connectivity index (χ4n) is 7.23. The summed E-state index contributed by atoms with van der Waals surface area (Å²) in [6, 6.07) is 3.06. The second-order valence-electron chi connectivity index (χ2n) is 16.6. The molecule has 0 N–H and O–H groups in total. The standard InChI is InChI=1S/C38H72O10Si2/c1-13-50(14-2,15-3)48-29(26-44-49(11,12)36(4,5)6)25-30(39)31-18-19-35-38(8,47-31)23-21-33-32(46-35)20-22-37(7,43-28-41-10)34(45-33)17-16-24-42-27-40-9/h18,29,32-35H,13-17,19-28H2,1-12H3/t29-,32+,33-,34+,35-,37-,38+/m0/s1. The summed E-state index contributed by atoms with van der Waals surface area (Å²) >= 11 is 0. The van der Waals surface area contributed by atoms with E-state index in [0.29, 0.717) is 31.8 Å². The third kappa shape index (κ3) is 11.4. The molecule has 2 saturated heterocycles. The van der Waals surface area contributed by atoms with Gasteiger partial charge in [-0.2, -0.15) is 0 Å². The summed E-state index contributed by atoms with van der Waals surface area (Å²) in [6.45, 7) is 23.6. The van der Waals surface area contributed by atoms with Gasteiger partial charge in [-0.1, -0.05) is 41.5 Å². The first kappa shape index (κ1) is 43.7. The van der Waals surface area contributed by atoms with Gasteiger partial charge in [0.1, 0.15) is 25.3 Å². The molecule has 292 valence electrons. The molecule has 0 radical (unpaired) electrons. The fraction of sp³-hybridized carbons (Fsp3) is 0.921. The number of Topliss-reactive ketones (excluding diaryl/α,β-unsaturated/α-hetero) is 1. The van der Waals surface area contributed by atoms with Crippen LogP contribution in [0.3, 0.4) is 0 Å². The highest BCUT2D eigenvalue weighted by Gasteiger charge is 2.50. The SMILES string of the molecule is CC[Si](CC)(CC)O[C@H](CO[Si](C)(C)C(C)(C)C)CC(=O)C1=CC[C@@H]2O[C@@H]3CC[C@](C)(OCOC)[C@@H](CCCOCOC)O[C@H]3CC[C@@]2(C)O1. The van der Waals surface area contributed by atoms with Crippen molar-refractivity contribution in [2.45, 2.75) is 185 Å². The van der Waals surface area contributed by atoms with E-state index in [2.05, 4.69) is 68.5 Å². The van der Waals surface area contributed by atoms with Crippen molar-refractivity contribution in [3.8, 4) is 0 Å². The minimum atomic E-state index is -2.03. The quantitative estimate of drug-likeness (QED) is 0.0688. The highest BCUT2D eigenvalue weighted by atomic mass is 28.4. The molecule has 0 bridgehead atoms. The van der Waals surface area contributed by atoms with Crippen LogP contribution in [0, 0.1) is 0 Å². The fourth-order valence-corrected chi connectivity index (χ4v) is 11.1. The molecule has 0 spiro atoms. The van der Waals surface area contributed by atoms with Crippen LogP contribution in [-0.4, -0.2) is 105 Å². The lowest BCUT2D eigenvalue weighted by atomic mass is 9.88. The van der Waals surface area contributed by atoms with E-state index in [1.807, 2.05) is 6.08 Å². The van der Waals surface area contributed by atoms with Crippen LogP contribution in [0.4, 0.5) is 0 Å². The predicted molar refractivity (Wildman–Crippen MR) is 201 cm³/mol. The molecule has 3 heterocycles. The maximum Gasteiger partial charge on any atom is 0.199 e. The smallest absolute Gasteiger partial charge is 0.199 e. The van der Waals surface area contributed by atoms with Gasteiger partial charge in [0.2, 0.25) is 0 Å². The topological polar surface area (TPSA) is 100 Å². The Morgan fingerprint density at radius 1 is 0.980 bits per heavy atom. The minimum Gasteiger partial charge on any atom is -0.481 e. The molecule has 3 aliphatic rings. The number of allylic oxidation sites excluding steroid dienone is 1. The van der Waals surface area contributed by atoms with Crippen LogP contribution in [0.1, 0.15) is 107 Å². The van der Waals surface area contributed by atoms with Gasteiger partial charge in [-0.25, -0.2) is 0 Å². The number of rotatable bonds is 20. The van der Waals surface area contributed by atoms with Crippen LogP contribution in [0.2, 0.25) is 36.3 Å². The van der Waals surface area contributed by atoms with Gasteiger partial charge < -0.3 is 42.0 Å². The Morgan fingerprint density at radius 3 is 2.24 bits per heavy atom. The van der Waals surface area contributed by atoms with Gasteiger partial charge in [0.15, 0.2) is 28.2 Å². The van der Waals surface area contributed by atoms with E-state index >= 15 is 0 Å². The average Bonchev–Trinajstić information content (AvgIpc) is 3.30. The molecule has 0 saturated carbocycles. The van der Waals surface area contributed by atoms with Crippen LogP contribution in [0.5, 0.6) is 0 Å². The van der Waals surface area contributed by atoms with Crippen LogP contribution in [0.25, 0.3) is 0 Å². The third-order valence-corrected chi connectivity index (χ3v) is 21.3. The number of fused-ring (bicyclic) bond motifs is 2. The number of hydrogen-bond acceptors (Lipinski definition) is 10. The normalized spacial score (nSPS) is 30.0. The number of hydrogen-bond donors (Lipinski definition) is 0. The van der Waals surface area contributed by atoms with E-state index in [0.717, 1.165) is 50.2 Å². The Labute approximate surface area is 306 Å². The van der Waals surface area contributed by atoms with Crippen LogP contribution in [0.15, 0.2) is 11.8 Å². The largest absolute Gasteiger partial charge is 0.481 e. The molecule has 10 nitrogen and oxygen atoms in total.